The number of pyridine rings is 1. The van der Waals surface area contributed by atoms with Crippen LogP contribution in [-0.4, -0.2) is 40.3 Å². The van der Waals surface area contributed by atoms with Crippen LogP contribution in [0.5, 0.6) is 0 Å². The minimum atomic E-state index is -0.545. The smallest absolute Gasteiger partial charge is 0.288 e. The molecule has 0 radical (unpaired) electrons. The van der Waals surface area contributed by atoms with Gasteiger partial charge in [0.15, 0.2) is 0 Å². The number of hydrogen-bond acceptors (Lipinski definition) is 5. The molecule has 0 saturated heterocycles. The summed E-state index contributed by atoms with van der Waals surface area (Å²) in [5.41, 5.74) is 0.0541. The minimum Gasteiger partial charge on any atom is -0.369 e. The summed E-state index contributed by atoms with van der Waals surface area (Å²) in [7, 11) is 1.69. The van der Waals surface area contributed by atoms with Crippen LogP contribution in [0.25, 0.3) is 0 Å². The molecule has 0 spiro atoms. The Bertz CT molecular complexity index is 519. The number of nitro groups is 1. The van der Waals surface area contributed by atoms with Gasteiger partial charge in [0.2, 0.25) is 0 Å². The summed E-state index contributed by atoms with van der Waals surface area (Å²) in [6, 6.07) is 1.34. The largest absolute Gasteiger partial charge is 0.369 e. The van der Waals surface area contributed by atoms with Crippen LogP contribution in [0.15, 0.2) is 12.3 Å². The van der Waals surface area contributed by atoms with Crippen molar-refractivity contribution in [2.45, 2.75) is 39.7 Å². The van der Waals surface area contributed by atoms with Gasteiger partial charge in [-0.3, -0.25) is 14.9 Å². The Balaban J connectivity index is 3.18. The molecule has 0 aliphatic carbocycles. The number of nitrogens with one attached hydrogen (secondary N) is 1. The highest BCUT2D eigenvalue weighted by atomic mass is 16.6. The first-order valence-corrected chi connectivity index (χ1v) is 7.07. The second kappa shape index (κ2) is 7.56. The first kappa shape index (κ1) is 16.9. The average molecular weight is 294 g/mol. The van der Waals surface area contributed by atoms with E-state index in [1.807, 2.05) is 20.8 Å². The molecule has 7 nitrogen and oxygen atoms in total. The molecule has 0 fully saturated rings. The second-order valence-electron chi connectivity index (χ2n) is 4.95. The number of aromatic nitrogens is 1. The molecule has 1 amide bonds. The minimum absolute atomic E-state index is 0.0517. The third-order valence-corrected chi connectivity index (χ3v) is 3.43. The lowest BCUT2D eigenvalue weighted by Crippen LogP contribution is -2.35. The van der Waals surface area contributed by atoms with Crippen LogP contribution < -0.4 is 5.32 Å². The highest BCUT2D eigenvalue weighted by molar-refractivity contribution is 5.99. The zero-order valence-corrected chi connectivity index (χ0v) is 12.9. The predicted octanol–water partition coefficient (Wildman–Crippen LogP) is 2.68. The van der Waals surface area contributed by atoms with Crippen LogP contribution in [0, 0.1) is 10.1 Å². The summed E-state index contributed by atoms with van der Waals surface area (Å²) in [6.45, 7) is 6.56. The Kier molecular flexibility index (Phi) is 6.08. The summed E-state index contributed by atoms with van der Waals surface area (Å²) in [6.07, 6.45) is 2.84. The Morgan fingerprint density at radius 1 is 1.52 bits per heavy atom. The Morgan fingerprint density at radius 2 is 2.19 bits per heavy atom. The van der Waals surface area contributed by atoms with E-state index in [1.54, 1.807) is 11.9 Å². The van der Waals surface area contributed by atoms with Gasteiger partial charge in [0, 0.05) is 25.7 Å². The standard InChI is InChI=1S/C14H22N4O3/c1-5-7-15-13-12(8-11(9-16-13)18(20)21)14(19)17(4)10(3)6-2/h8-10H,5-7H2,1-4H3,(H,15,16). The summed E-state index contributed by atoms with van der Waals surface area (Å²) in [4.78, 5) is 28.5. The first-order chi connectivity index (χ1) is 9.92. The third kappa shape index (κ3) is 4.14. The third-order valence-electron chi connectivity index (χ3n) is 3.43. The molecule has 1 aromatic rings. The number of carbonyl (C=O) groups is 1. The number of nitrogens with zero attached hydrogens (tertiary/aromatic N) is 3. The van der Waals surface area contributed by atoms with Crippen LogP contribution in [0.3, 0.4) is 0 Å². The van der Waals surface area contributed by atoms with Crippen LogP contribution in [0.4, 0.5) is 11.5 Å². The molecule has 0 aliphatic rings. The molecule has 1 heterocycles. The number of carbonyl (C=O) groups excluding carboxylic acids is 1. The molecule has 1 rings (SSSR count). The van der Waals surface area contributed by atoms with Gasteiger partial charge in [0.05, 0.1) is 10.5 Å². The summed E-state index contributed by atoms with van der Waals surface area (Å²) >= 11 is 0. The summed E-state index contributed by atoms with van der Waals surface area (Å²) < 4.78 is 0. The van der Waals surface area contributed by atoms with Crippen molar-refractivity contribution in [3.8, 4) is 0 Å². The zero-order chi connectivity index (χ0) is 16.0. The predicted molar refractivity (Wildman–Crippen MR) is 81.5 cm³/mol. The maximum absolute atomic E-state index is 12.5. The molecule has 1 N–H and O–H groups in total. The fraction of sp³-hybridized carbons (Fsp3) is 0.571. The van der Waals surface area contributed by atoms with Crippen molar-refractivity contribution in [3.05, 3.63) is 27.9 Å². The molecule has 21 heavy (non-hydrogen) atoms. The molecule has 1 atom stereocenters. The van der Waals surface area contributed by atoms with E-state index >= 15 is 0 Å². The highest BCUT2D eigenvalue weighted by Gasteiger charge is 2.23. The maximum atomic E-state index is 12.5. The summed E-state index contributed by atoms with van der Waals surface area (Å²) in [5, 5.41) is 13.9. The van der Waals surface area contributed by atoms with Crippen molar-refractivity contribution < 1.29 is 9.72 Å². The molecule has 0 aromatic carbocycles. The van der Waals surface area contributed by atoms with Gasteiger partial charge in [-0.25, -0.2) is 4.98 Å². The van der Waals surface area contributed by atoms with Gasteiger partial charge in [-0.1, -0.05) is 13.8 Å². The van der Waals surface area contributed by atoms with Crippen molar-refractivity contribution in [1.29, 1.82) is 0 Å². The molecule has 116 valence electrons. The van der Waals surface area contributed by atoms with Crippen LogP contribution in [-0.2, 0) is 0 Å². The summed E-state index contributed by atoms with van der Waals surface area (Å²) in [5.74, 6) is 0.127. The van der Waals surface area contributed by atoms with Gasteiger partial charge in [-0.2, -0.15) is 0 Å². The van der Waals surface area contributed by atoms with E-state index < -0.39 is 4.92 Å². The van der Waals surface area contributed by atoms with Crippen molar-refractivity contribution >= 4 is 17.4 Å². The number of rotatable bonds is 7. The lowest BCUT2D eigenvalue weighted by Gasteiger charge is -2.24. The fourth-order valence-electron chi connectivity index (χ4n) is 1.76. The van der Waals surface area contributed by atoms with Gasteiger partial charge < -0.3 is 10.2 Å². The Morgan fingerprint density at radius 3 is 2.71 bits per heavy atom. The van der Waals surface area contributed by atoms with E-state index in [9.17, 15) is 14.9 Å². The number of anilines is 1. The Hall–Kier alpha value is -2.18. The van der Waals surface area contributed by atoms with Crippen LogP contribution in [0.2, 0.25) is 0 Å². The molecule has 7 heteroatoms. The molecule has 0 bridgehead atoms. The lowest BCUT2D eigenvalue weighted by atomic mass is 10.1. The first-order valence-electron chi connectivity index (χ1n) is 7.07. The van der Waals surface area contributed by atoms with E-state index in [2.05, 4.69) is 10.3 Å². The average Bonchev–Trinajstić information content (AvgIpc) is 2.50. The molecule has 1 aromatic heterocycles. The lowest BCUT2D eigenvalue weighted by molar-refractivity contribution is -0.385. The van der Waals surface area contributed by atoms with Gasteiger partial charge in [0.25, 0.3) is 11.6 Å². The van der Waals surface area contributed by atoms with Crippen molar-refractivity contribution in [2.24, 2.45) is 0 Å². The quantitative estimate of drug-likeness (QED) is 0.617. The second-order valence-corrected chi connectivity index (χ2v) is 4.95. The molecular weight excluding hydrogens is 272 g/mol. The van der Waals surface area contributed by atoms with E-state index in [0.717, 1.165) is 19.0 Å². The highest BCUT2D eigenvalue weighted by Crippen LogP contribution is 2.21. The van der Waals surface area contributed by atoms with Gasteiger partial charge in [-0.05, 0) is 19.8 Å². The monoisotopic (exact) mass is 294 g/mol. The maximum Gasteiger partial charge on any atom is 0.288 e. The molecule has 1 unspecified atom stereocenters. The van der Waals surface area contributed by atoms with E-state index in [1.165, 1.54) is 6.07 Å². The molecular formula is C14H22N4O3. The van der Waals surface area contributed by atoms with Crippen molar-refractivity contribution in [1.82, 2.24) is 9.88 Å². The van der Waals surface area contributed by atoms with Gasteiger partial charge in [0.1, 0.15) is 12.0 Å². The van der Waals surface area contributed by atoms with Crippen LogP contribution in [0.1, 0.15) is 44.0 Å². The number of hydrogen-bond donors (Lipinski definition) is 1. The van der Waals surface area contributed by atoms with E-state index in [4.69, 9.17) is 0 Å². The Labute approximate surface area is 124 Å². The molecule has 0 saturated carbocycles. The topological polar surface area (TPSA) is 88.4 Å². The van der Waals surface area contributed by atoms with Crippen molar-refractivity contribution in [3.63, 3.8) is 0 Å². The molecule has 0 aliphatic heterocycles. The van der Waals surface area contributed by atoms with Gasteiger partial charge >= 0.3 is 0 Å². The van der Waals surface area contributed by atoms with Gasteiger partial charge in [-0.15, -0.1) is 0 Å². The van der Waals surface area contributed by atoms with Crippen LogP contribution >= 0.6 is 0 Å². The number of amides is 1. The van der Waals surface area contributed by atoms with E-state index in [0.29, 0.717) is 12.4 Å². The normalized spacial score (nSPS) is 11.8. The SMILES string of the molecule is CCCNc1ncc([N+](=O)[O-])cc1C(=O)N(C)C(C)CC. The fourth-order valence-corrected chi connectivity index (χ4v) is 1.76. The van der Waals surface area contributed by atoms with E-state index in [-0.39, 0.29) is 23.2 Å². The van der Waals surface area contributed by atoms with Crippen molar-refractivity contribution in [2.75, 3.05) is 18.9 Å². The zero-order valence-electron chi connectivity index (χ0n) is 12.9.